The molecular weight excluding hydrogens is 256 g/mol. The van der Waals surface area contributed by atoms with Crippen LogP contribution in [-0.4, -0.2) is 40.9 Å². The Hall–Kier alpha value is -1.90. The summed E-state index contributed by atoms with van der Waals surface area (Å²) in [5.41, 5.74) is 0.607. The number of rotatable bonds is 6. The van der Waals surface area contributed by atoms with Crippen molar-refractivity contribution in [3.05, 3.63) is 5.38 Å². The van der Waals surface area contributed by atoms with E-state index >= 15 is 0 Å². The predicted octanol–water partition coefficient (Wildman–Crippen LogP) is 0.692. The van der Waals surface area contributed by atoms with E-state index in [0.29, 0.717) is 18.1 Å². The van der Waals surface area contributed by atoms with Gasteiger partial charge in [-0.25, -0.2) is 4.68 Å². The van der Waals surface area contributed by atoms with Gasteiger partial charge in [-0.1, -0.05) is 17.8 Å². The van der Waals surface area contributed by atoms with Crippen molar-refractivity contribution in [1.29, 1.82) is 0 Å². The van der Waals surface area contributed by atoms with Crippen LogP contribution in [0.15, 0.2) is 5.38 Å². The summed E-state index contributed by atoms with van der Waals surface area (Å²) in [4.78, 5) is 10.7. The van der Waals surface area contributed by atoms with E-state index in [1.54, 1.807) is 10.1 Å². The molecule has 0 saturated heterocycles. The molecular formula is C9H12N6O2S. The standard InChI is InChI=1S/C9H12N6O2S/c1-2-6(3-8(16)17)4-15-9(11-12-13-15)7-5-18-14-10-7/h5-6H,2-4H2,1H3,(H,16,17). The average molecular weight is 268 g/mol. The number of aliphatic carboxylic acids is 1. The number of aromatic nitrogens is 6. The molecule has 0 bridgehead atoms. The lowest BCUT2D eigenvalue weighted by atomic mass is 10.0. The second kappa shape index (κ2) is 5.63. The van der Waals surface area contributed by atoms with Crippen LogP contribution in [0, 0.1) is 5.92 Å². The van der Waals surface area contributed by atoms with E-state index in [9.17, 15) is 4.79 Å². The Balaban J connectivity index is 2.14. The molecule has 9 heteroatoms. The first kappa shape index (κ1) is 12.6. The van der Waals surface area contributed by atoms with E-state index in [1.165, 1.54) is 11.5 Å². The van der Waals surface area contributed by atoms with Crippen molar-refractivity contribution in [3.63, 3.8) is 0 Å². The van der Waals surface area contributed by atoms with Crippen LogP contribution in [0.5, 0.6) is 0 Å². The maximum absolute atomic E-state index is 10.7. The van der Waals surface area contributed by atoms with Crippen LogP contribution in [0.3, 0.4) is 0 Å². The lowest BCUT2D eigenvalue weighted by molar-refractivity contribution is -0.138. The molecule has 0 amide bonds. The highest BCUT2D eigenvalue weighted by Crippen LogP contribution is 2.17. The lowest BCUT2D eigenvalue weighted by Gasteiger charge is -2.12. The first-order valence-corrected chi connectivity index (χ1v) is 6.29. The third-order valence-corrected chi connectivity index (χ3v) is 3.10. The molecule has 2 heterocycles. The van der Waals surface area contributed by atoms with Crippen LogP contribution in [0.25, 0.3) is 11.5 Å². The highest BCUT2D eigenvalue weighted by atomic mass is 32.1. The minimum atomic E-state index is -0.813. The molecule has 1 atom stereocenters. The summed E-state index contributed by atoms with van der Waals surface area (Å²) in [6.07, 6.45) is 0.853. The SMILES string of the molecule is CCC(CC(=O)O)Cn1nnnc1-c1csnn1. The Morgan fingerprint density at radius 3 is 3.00 bits per heavy atom. The molecule has 18 heavy (non-hydrogen) atoms. The van der Waals surface area contributed by atoms with Crippen molar-refractivity contribution < 1.29 is 9.90 Å². The molecule has 96 valence electrons. The van der Waals surface area contributed by atoms with Crippen LogP contribution in [0.4, 0.5) is 0 Å². The number of hydrogen-bond donors (Lipinski definition) is 1. The Labute approximate surface area is 107 Å². The zero-order valence-electron chi connectivity index (χ0n) is 9.72. The summed E-state index contributed by atoms with van der Waals surface area (Å²) < 4.78 is 5.33. The van der Waals surface area contributed by atoms with Crippen LogP contribution in [0.1, 0.15) is 19.8 Å². The number of carbonyl (C=O) groups is 1. The van der Waals surface area contributed by atoms with Gasteiger partial charge in [0.2, 0.25) is 5.82 Å². The third kappa shape index (κ3) is 2.86. The van der Waals surface area contributed by atoms with Crippen LogP contribution < -0.4 is 0 Å². The van der Waals surface area contributed by atoms with E-state index in [0.717, 1.165) is 6.42 Å². The van der Waals surface area contributed by atoms with Crippen molar-refractivity contribution in [1.82, 2.24) is 29.8 Å². The first-order chi connectivity index (χ1) is 8.70. The second-order valence-corrected chi connectivity index (χ2v) is 4.46. The highest BCUT2D eigenvalue weighted by Gasteiger charge is 2.17. The maximum Gasteiger partial charge on any atom is 0.303 e. The average Bonchev–Trinajstić information content (AvgIpc) is 2.96. The summed E-state index contributed by atoms with van der Waals surface area (Å²) >= 11 is 1.22. The smallest absolute Gasteiger partial charge is 0.303 e. The number of tetrazole rings is 1. The molecule has 0 aliphatic rings. The highest BCUT2D eigenvalue weighted by molar-refractivity contribution is 7.03. The van der Waals surface area contributed by atoms with Gasteiger partial charge in [0.1, 0.15) is 5.69 Å². The molecule has 8 nitrogen and oxygen atoms in total. The fourth-order valence-corrected chi connectivity index (χ4v) is 2.04. The number of nitrogens with zero attached hydrogens (tertiary/aromatic N) is 6. The maximum atomic E-state index is 10.7. The summed E-state index contributed by atoms with van der Waals surface area (Å²) in [6.45, 7) is 2.41. The molecule has 0 aliphatic carbocycles. The molecule has 0 spiro atoms. The third-order valence-electron chi connectivity index (χ3n) is 2.59. The van der Waals surface area contributed by atoms with E-state index in [-0.39, 0.29) is 12.3 Å². The molecule has 2 aromatic rings. The van der Waals surface area contributed by atoms with Gasteiger partial charge in [0, 0.05) is 18.3 Å². The number of hydrogen-bond acceptors (Lipinski definition) is 7. The van der Waals surface area contributed by atoms with E-state index in [4.69, 9.17) is 5.11 Å². The lowest BCUT2D eigenvalue weighted by Crippen LogP contribution is -2.16. The molecule has 0 fully saturated rings. The van der Waals surface area contributed by atoms with Crippen molar-refractivity contribution >= 4 is 17.5 Å². The zero-order chi connectivity index (χ0) is 13.0. The van der Waals surface area contributed by atoms with Gasteiger partial charge in [-0.3, -0.25) is 4.79 Å². The summed E-state index contributed by atoms with van der Waals surface area (Å²) in [7, 11) is 0. The minimum absolute atomic E-state index is 0.00338. The molecule has 0 aliphatic heterocycles. The van der Waals surface area contributed by atoms with Crippen molar-refractivity contribution in [2.24, 2.45) is 5.92 Å². The van der Waals surface area contributed by atoms with Crippen molar-refractivity contribution in [2.75, 3.05) is 0 Å². The van der Waals surface area contributed by atoms with Gasteiger partial charge < -0.3 is 5.11 Å². The number of carboxylic acid groups (broad SMARTS) is 1. The fraction of sp³-hybridized carbons (Fsp3) is 0.556. The fourth-order valence-electron chi connectivity index (χ4n) is 1.60. The van der Waals surface area contributed by atoms with E-state index in [1.807, 2.05) is 6.92 Å². The summed E-state index contributed by atoms with van der Waals surface area (Å²) in [5.74, 6) is -0.296. The topological polar surface area (TPSA) is 107 Å². The zero-order valence-corrected chi connectivity index (χ0v) is 10.5. The van der Waals surface area contributed by atoms with Gasteiger partial charge in [0.15, 0.2) is 0 Å². The molecule has 1 unspecified atom stereocenters. The summed E-state index contributed by atoms with van der Waals surface area (Å²) in [6, 6.07) is 0. The molecule has 2 rings (SSSR count). The molecule has 2 aromatic heterocycles. The monoisotopic (exact) mass is 268 g/mol. The van der Waals surface area contributed by atoms with Gasteiger partial charge >= 0.3 is 5.97 Å². The van der Waals surface area contributed by atoms with Gasteiger partial charge in [0.25, 0.3) is 0 Å². The van der Waals surface area contributed by atoms with Gasteiger partial charge in [0.05, 0.1) is 0 Å². The molecule has 0 aromatic carbocycles. The van der Waals surface area contributed by atoms with Gasteiger partial charge in [-0.2, -0.15) is 0 Å². The first-order valence-electron chi connectivity index (χ1n) is 5.46. The second-order valence-electron chi connectivity index (χ2n) is 3.85. The quantitative estimate of drug-likeness (QED) is 0.821. The molecule has 1 N–H and O–H groups in total. The van der Waals surface area contributed by atoms with Gasteiger partial charge in [-0.15, -0.1) is 10.2 Å². The normalized spacial score (nSPS) is 12.5. The Morgan fingerprint density at radius 1 is 1.56 bits per heavy atom. The van der Waals surface area contributed by atoms with Gasteiger partial charge in [-0.05, 0) is 27.9 Å². The Kier molecular flexibility index (Phi) is 3.92. The Morgan fingerprint density at radius 2 is 2.39 bits per heavy atom. The molecule has 0 radical (unpaired) electrons. The van der Waals surface area contributed by atoms with E-state index < -0.39 is 5.97 Å². The van der Waals surface area contributed by atoms with Crippen molar-refractivity contribution in [3.8, 4) is 11.5 Å². The van der Waals surface area contributed by atoms with E-state index in [2.05, 4.69) is 25.1 Å². The number of carboxylic acids is 1. The van der Waals surface area contributed by atoms with Crippen LogP contribution in [0.2, 0.25) is 0 Å². The summed E-state index contributed by atoms with van der Waals surface area (Å²) in [5, 5.41) is 25.8. The largest absolute Gasteiger partial charge is 0.481 e. The van der Waals surface area contributed by atoms with Crippen LogP contribution in [-0.2, 0) is 11.3 Å². The minimum Gasteiger partial charge on any atom is -0.481 e. The van der Waals surface area contributed by atoms with Crippen molar-refractivity contribution in [2.45, 2.75) is 26.3 Å². The van der Waals surface area contributed by atoms with Crippen LogP contribution >= 0.6 is 11.5 Å². The Bertz CT molecular complexity index is 511. The predicted molar refractivity (Wildman–Crippen MR) is 62.8 cm³/mol. The molecule has 0 saturated carbocycles.